The Labute approximate surface area is 298 Å². The van der Waals surface area contributed by atoms with Gasteiger partial charge in [0, 0.05) is 33.5 Å². The zero-order valence-electron chi connectivity index (χ0n) is 27.9. The summed E-state index contributed by atoms with van der Waals surface area (Å²) in [6.07, 6.45) is 1.22. The van der Waals surface area contributed by atoms with E-state index in [4.69, 9.17) is 18.8 Å². The van der Waals surface area contributed by atoms with Gasteiger partial charge in [-0.15, -0.1) is 0 Å². The first-order valence-electron chi connectivity index (χ1n) is 17.5. The van der Waals surface area contributed by atoms with Crippen LogP contribution in [-0.2, 0) is 0 Å². The fraction of sp³-hybridized carbons (Fsp3) is 0.0435. The van der Waals surface area contributed by atoms with Crippen LogP contribution in [0.3, 0.4) is 0 Å². The van der Waals surface area contributed by atoms with E-state index in [1.807, 2.05) is 48.7 Å². The Morgan fingerprint density at radius 1 is 0.481 bits per heavy atom. The highest BCUT2D eigenvalue weighted by Gasteiger charge is 2.28. The van der Waals surface area contributed by atoms with E-state index < -0.39 is 0 Å². The van der Waals surface area contributed by atoms with Crippen LogP contribution in [0.5, 0.6) is 0 Å². The van der Waals surface area contributed by atoms with Crippen molar-refractivity contribution in [2.24, 2.45) is 4.99 Å². The summed E-state index contributed by atoms with van der Waals surface area (Å²) in [5, 5.41) is 16.5. The van der Waals surface area contributed by atoms with Gasteiger partial charge in [-0.05, 0) is 75.1 Å². The molecule has 6 heteroatoms. The molecule has 1 aliphatic rings. The minimum absolute atomic E-state index is 0.232. The SMILES string of the molecule is c1ccc2cc(C3NC(c4cccc5oc6ccccc6c45)=NC(c4cc(-c5nccc6oc7ccccc7c56)c5ccccc5c4)N3)ccc2c1. The predicted molar refractivity (Wildman–Crippen MR) is 210 cm³/mol. The first-order chi connectivity index (χ1) is 25.7. The van der Waals surface area contributed by atoms with Crippen LogP contribution < -0.4 is 10.6 Å². The molecule has 10 aromatic rings. The Hall–Kier alpha value is -6.76. The van der Waals surface area contributed by atoms with E-state index in [9.17, 15) is 0 Å². The summed E-state index contributed by atoms with van der Waals surface area (Å²) in [6, 6.07) is 52.7. The van der Waals surface area contributed by atoms with Gasteiger partial charge in [-0.3, -0.25) is 10.3 Å². The van der Waals surface area contributed by atoms with Crippen molar-refractivity contribution in [3.05, 3.63) is 175 Å². The Kier molecular flexibility index (Phi) is 6.35. The number of nitrogens with zero attached hydrogens (tertiary/aromatic N) is 2. The summed E-state index contributed by atoms with van der Waals surface area (Å²) in [6.45, 7) is 0. The Morgan fingerprint density at radius 2 is 1.13 bits per heavy atom. The molecule has 2 N–H and O–H groups in total. The number of pyridine rings is 1. The van der Waals surface area contributed by atoms with Crippen molar-refractivity contribution in [2.75, 3.05) is 0 Å². The second-order valence-corrected chi connectivity index (χ2v) is 13.4. The average Bonchev–Trinajstić information content (AvgIpc) is 3.79. The lowest BCUT2D eigenvalue weighted by Gasteiger charge is -2.33. The number of hydrogen-bond acceptors (Lipinski definition) is 6. The number of para-hydroxylation sites is 2. The standard InChI is InChI=1S/C46H30N4O2/c1-2-11-28-24-30(21-20-27(28)10-1)44-48-45(50-46(49-44)35-16-9-19-39-41(35)33-14-5-7-17-37(33)51-39)31-25-29-12-3-4-13-32(29)36(26-31)43-42-34-15-6-8-18-38(34)52-40(42)22-23-47-43/h1-26,44-45,48H,(H,49,50). The van der Waals surface area contributed by atoms with Crippen LogP contribution in [0.1, 0.15) is 29.0 Å². The van der Waals surface area contributed by atoms with Crippen molar-refractivity contribution in [3.8, 4) is 11.3 Å². The van der Waals surface area contributed by atoms with Crippen LogP contribution in [0, 0.1) is 0 Å². The van der Waals surface area contributed by atoms with Crippen LogP contribution in [0.4, 0.5) is 0 Å². The second-order valence-electron chi connectivity index (χ2n) is 13.4. The zero-order valence-corrected chi connectivity index (χ0v) is 27.9. The quantitative estimate of drug-likeness (QED) is 0.195. The van der Waals surface area contributed by atoms with Gasteiger partial charge in [0.15, 0.2) is 0 Å². The molecule has 0 spiro atoms. The number of aromatic nitrogens is 1. The third-order valence-electron chi connectivity index (χ3n) is 10.4. The normalized spacial score (nSPS) is 16.3. The maximum Gasteiger partial charge on any atom is 0.139 e. The summed E-state index contributed by atoms with van der Waals surface area (Å²) < 4.78 is 12.6. The summed E-state index contributed by atoms with van der Waals surface area (Å²) >= 11 is 0. The molecule has 246 valence electrons. The van der Waals surface area contributed by atoms with Gasteiger partial charge in [0.25, 0.3) is 0 Å². The van der Waals surface area contributed by atoms with Crippen molar-refractivity contribution in [1.82, 2.24) is 15.6 Å². The van der Waals surface area contributed by atoms with Crippen molar-refractivity contribution >= 4 is 71.3 Å². The van der Waals surface area contributed by atoms with Gasteiger partial charge >= 0.3 is 0 Å². The first-order valence-corrected chi connectivity index (χ1v) is 17.5. The van der Waals surface area contributed by atoms with E-state index in [0.717, 1.165) is 88.4 Å². The van der Waals surface area contributed by atoms with Gasteiger partial charge < -0.3 is 14.2 Å². The van der Waals surface area contributed by atoms with E-state index in [-0.39, 0.29) is 12.3 Å². The van der Waals surface area contributed by atoms with Gasteiger partial charge in [-0.2, -0.15) is 0 Å². The van der Waals surface area contributed by atoms with Gasteiger partial charge in [0.2, 0.25) is 0 Å². The molecular formula is C46H30N4O2. The number of nitrogens with one attached hydrogen (secondary N) is 2. The third-order valence-corrected chi connectivity index (χ3v) is 10.4. The minimum atomic E-state index is -0.384. The van der Waals surface area contributed by atoms with Crippen molar-refractivity contribution in [1.29, 1.82) is 0 Å². The smallest absolute Gasteiger partial charge is 0.139 e. The lowest BCUT2D eigenvalue weighted by Crippen LogP contribution is -2.45. The number of fused-ring (bicyclic) bond motifs is 8. The maximum atomic E-state index is 6.31. The van der Waals surface area contributed by atoms with Crippen molar-refractivity contribution in [3.63, 3.8) is 0 Å². The predicted octanol–water partition coefficient (Wildman–Crippen LogP) is 11.2. The number of rotatable bonds is 4. The topological polar surface area (TPSA) is 75.6 Å². The highest BCUT2D eigenvalue weighted by molar-refractivity contribution is 6.18. The molecule has 0 saturated heterocycles. The monoisotopic (exact) mass is 670 g/mol. The molecule has 11 rings (SSSR count). The number of aliphatic imine (C=N–C) groups is 1. The highest BCUT2D eigenvalue weighted by Crippen LogP contribution is 2.40. The molecule has 7 aromatic carbocycles. The molecule has 0 aliphatic carbocycles. The molecule has 0 fully saturated rings. The van der Waals surface area contributed by atoms with Crippen LogP contribution >= 0.6 is 0 Å². The van der Waals surface area contributed by atoms with Gasteiger partial charge in [-0.25, -0.2) is 4.99 Å². The van der Waals surface area contributed by atoms with Gasteiger partial charge in [-0.1, -0.05) is 109 Å². The Morgan fingerprint density at radius 3 is 1.96 bits per heavy atom. The van der Waals surface area contributed by atoms with E-state index in [1.54, 1.807) is 0 Å². The molecule has 0 radical (unpaired) electrons. The van der Waals surface area contributed by atoms with E-state index in [1.165, 1.54) is 10.8 Å². The van der Waals surface area contributed by atoms with E-state index in [0.29, 0.717) is 0 Å². The average molecular weight is 671 g/mol. The molecular weight excluding hydrogens is 641 g/mol. The fourth-order valence-corrected chi connectivity index (χ4v) is 7.96. The molecule has 3 aromatic heterocycles. The number of benzene rings is 7. The summed E-state index contributed by atoms with van der Waals surface area (Å²) in [5.41, 5.74) is 8.43. The van der Waals surface area contributed by atoms with Crippen LogP contribution in [0.2, 0.25) is 0 Å². The molecule has 0 amide bonds. The minimum Gasteiger partial charge on any atom is -0.456 e. The molecule has 52 heavy (non-hydrogen) atoms. The summed E-state index contributed by atoms with van der Waals surface area (Å²) in [4.78, 5) is 10.5. The molecule has 2 atom stereocenters. The van der Waals surface area contributed by atoms with Gasteiger partial charge in [0.1, 0.15) is 40.5 Å². The Balaban J connectivity index is 1.14. The zero-order chi connectivity index (χ0) is 34.2. The third kappa shape index (κ3) is 4.55. The fourth-order valence-electron chi connectivity index (χ4n) is 7.96. The Bertz CT molecular complexity index is 3060. The largest absolute Gasteiger partial charge is 0.456 e. The molecule has 0 saturated carbocycles. The van der Waals surface area contributed by atoms with Crippen molar-refractivity contribution < 1.29 is 8.83 Å². The van der Waals surface area contributed by atoms with Gasteiger partial charge in [0.05, 0.1) is 11.1 Å². The molecule has 0 bridgehead atoms. The first kappa shape index (κ1) is 29.0. The molecule has 6 nitrogen and oxygen atoms in total. The number of furan rings is 2. The van der Waals surface area contributed by atoms with E-state index in [2.05, 4.69) is 120 Å². The van der Waals surface area contributed by atoms with Crippen LogP contribution in [0.25, 0.3) is 76.7 Å². The van der Waals surface area contributed by atoms with E-state index >= 15 is 0 Å². The van der Waals surface area contributed by atoms with Crippen LogP contribution in [-0.4, -0.2) is 10.8 Å². The molecule has 2 unspecified atom stereocenters. The van der Waals surface area contributed by atoms with Crippen molar-refractivity contribution in [2.45, 2.75) is 12.3 Å². The molecule has 1 aliphatic heterocycles. The number of amidine groups is 1. The highest BCUT2D eigenvalue weighted by atomic mass is 16.3. The number of hydrogen-bond donors (Lipinski definition) is 2. The summed E-state index contributed by atoms with van der Waals surface area (Å²) in [7, 11) is 0. The summed E-state index contributed by atoms with van der Waals surface area (Å²) in [5.74, 6) is 0.801. The maximum absolute atomic E-state index is 6.31. The molecule has 4 heterocycles. The lowest BCUT2D eigenvalue weighted by atomic mass is 9.94. The van der Waals surface area contributed by atoms with Crippen LogP contribution in [0.15, 0.2) is 172 Å². The lowest BCUT2D eigenvalue weighted by molar-refractivity contribution is 0.409. The second kappa shape index (κ2) is 11.4.